The van der Waals surface area contributed by atoms with Crippen LogP contribution < -0.4 is 0 Å². The van der Waals surface area contributed by atoms with Crippen molar-refractivity contribution in [2.24, 2.45) is 0 Å². The van der Waals surface area contributed by atoms with Gasteiger partial charge in [-0.25, -0.2) is 24.9 Å². The second-order valence-electron chi connectivity index (χ2n) is 5.40. The molecule has 0 radical (unpaired) electrons. The largest absolute Gasteiger partial charge is 0.340 e. The van der Waals surface area contributed by atoms with Gasteiger partial charge in [0.05, 0.1) is 0 Å². The molecule has 0 saturated heterocycles. The first kappa shape index (κ1) is 12.9. The fourth-order valence-corrected chi connectivity index (χ4v) is 2.56. The van der Waals surface area contributed by atoms with Gasteiger partial charge in [0.2, 0.25) is 0 Å². The summed E-state index contributed by atoms with van der Waals surface area (Å²) in [6.45, 7) is 0. The van der Waals surface area contributed by atoms with Crippen LogP contribution >= 0.6 is 0 Å². The molecule has 0 aromatic carbocycles. The molecule has 3 aromatic heterocycles. The number of nitrogens with one attached hydrogen (secondary N) is 2. The topological polar surface area (TPSA) is 96.0 Å². The average molecular weight is 313 g/mol. The number of nitrogens with zero attached hydrogens (tertiary/aromatic N) is 5. The fourth-order valence-electron chi connectivity index (χ4n) is 2.56. The Morgan fingerprint density at radius 1 is 0.500 bits per heavy atom. The highest BCUT2D eigenvalue weighted by molar-refractivity contribution is 5.71. The summed E-state index contributed by atoms with van der Waals surface area (Å²) in [7, 11) is 0. The Balaban J connectivity index is 1.85. The Morgan fingerprint density at radius 2 is 0.917 bits per heavy atom. The Kier molecular flexibility index (Phi) is 2.66. The monoisotopic (exact) mass is 313 g/mol. The van der Waals surface area contributed by atoms with E-state index in [0.29, 0.717) is 23.3 Å². The van der Waals surface area contributed by atoms with Crippen molar-refractivity contribution in [2.75, 3.05) is 0 Å². The van der Waals surface area contributed by atoms with Crippen LogP contribution in [0.25, 0.3) is 46.6 Å². The number of rotatable bonds is 0. The van der Waals surface area contributed by atoms with E-state index in [-0.39, 0.29) is 0 Å². The van der Waals surface area contributed by atoms with Gasteiger partial charge in [0.25, 0.3) is 0 Å². The van der Waals surface area contributed by atoms with Crippen molar-refractivity contribution >= 4 is 46.6 Å². The van der Waals surface area contributed by atoms with Crippen LogP contribution in [0.5, 0.6) is 0 Å². The SMILES string of the molecule is C1=Cc2nc1nc1nc(nc3ccc(cc4ccc(n2)[nH]4)[nH]3)C=C1. The van der Waals surface area contributed by atoms with Crippen LogP contribution in [0.1, 0.15) is 23.3 Å². The Bertz CT molecular complexity index is 1080. The minimum absolute atomic E-state index is 0.575. The van der Waals surface area contributed by atoms with Crippen molar-refractivity contribution in [1.82, 2.24) is 34.9 Å². The van der Waals surface area contributed by atoms with Crippen molar-refractivity contribution in [3.63, 3.8) is 0 Å². The first-order chi connectivity index (χ1) is 11.8. The predicted molar refractivity (Wildman–Crippen MR) is 92.2 cm³/mol. The van der Waals surface area contributed by atoms with Crippen LogP contribution in [-0.2, 0) is 0 Å². The minimum atomic E-state index is 0.575. The smallest absolute Gasteiger partial charge is 0.156 e. The van der Waals surface area contributed by atoms with E-state index < -0.39 is 0 Å². The van der Waals surface area contributed by atoms with Gasteiger partial charge in [-0.1, -0.05) is 0 Å². The van der Waals surface area contributed by atoms with Crippen LogP contribution in [0, 0.1) is 0 Å². The van der Waals surface area contributed by atoms with Crippen LogP contribution in [0.4, 0.5) is 0 Å². The lowest BCUT2D eigenvalue weighted by atomic mass is 10.4. The quantitative estimate of drug-likeness (QED) is 0.458. The Labute approximate surface area is 135 Å². The van der Waals surface area contributed by atoms with Gasteiger partial charge in [-0.05, 0) is 54.6 Å². The van der Waals surface area contributed by atoms with Crippen LogP contribution in [0.2, 0.25) is 0 Å². The zero-order valence-corrected chi connectivity index (χ0v) is 12.4. The summed E-state index contributed by atoms with van der Waals surface area (Å²) in [5, 5.41) is 0. The Hall–Kier alpha value is -3.61. The van der Waals surface area contributed by atoms with Gasteiger partial charge in [0.15, 0.2) is 23.3 Å². The molecule has 2 N–H and O–H groups in total. The molecule has 5 heterocycles. The molecule has 24 heavy (non-hydrogen) atoms. The third kappa shape index (κ3) is 2.38. The number of H-pyrrole nitrogens is 2. The zero-order valence-electron chi connectivity index (χ0n) is 12.4. The highest BCUT2D eigenvalue weighted by Gasteiger charge is 2.04. The van der Waals surface area contributed by atoms with E-state index in [9.17, 15) is 0 Å². The standard InChI is InChI=1S/C17H11N7/c1-3-12-18-10(1)9-11-2-4-13(19-11)21-15-6-8-17(23-15)24-16-7-5-14(20-12)22-16/h1-9H,(H2,18,19,20,21,22,23,24). The summed E-state index contributed by atoms with van der Waals surface area (Å²) < 4.78 is 0. The van der Waals surface area contributed by atoms with Gasteiger partial charge in [0, 0.05) is 11.0 Å². The molecule has 3 aromatic rings. The molecule has 2 aliphatic rings. The molecular weight excluding hydrogens is 302 g/mol. The van der Waals surface area contributed by atoms with Gasteiger partial charge in [-0.3, -0.25) is 0 Å². The van der Waals surface area contributed by atoms with E-state index in [4.69, 9.17) is 0 Å². The van der Waals surface area contributed by atoms with E-state index in [2.05, 4.69) is 34.9 Å². The molecule has 7 heteroatoms. The molecule has 5 rings (SSSR count). The van der Waals surface area contributed by atoms with Crippen LogP contribution in [0.3, 0.4) is 0 Å². The van der Waals surface area contributed by atoms with E-state index in [1.165, 1.54) is 0 Å². The molecule has 2 aliphatic heterocycles. The van der Waals surface area contributed by atoms with Gasteiger partial charge < -0.3 is 9.97 Å². The number of hydrogen-bond donors (Lipinski definition) is 2. The number of aromatic amines is 2. The highest BCUT2D eigenvalue weighted by Crippen LogP contribution is 2.12. The van der Waals surface area contributed by atoms with E-state index in [1.54, 1.807) is 0 Å². The molecular formula is C17H11N7. The molecule has 7 nitrogen and oxygen atoms in total. The average Bonchev–Trinajstić information content (AvgIpc) is 3.32. The van der Waals surface area contributed by atoms with E-state index >= 15 is 0 Å². The molecule has 0 fully saturated rings. The van der Waals surface area contributed by atoms with E-state index in [1.807, 2.05) is 54.6 Å². The first-order valence-electron chi connectivity index (χ1n) is 7.46. The maximum atomic E-state index is 4.47. The lowest BCUT2D eigenvalue weighted by molar-refractivity contribution is 1.07. The fraction of sp³-hybridized carbons (Fsp3) is 0. The second kappa shape index (κ2) is 4.95. The normalized spacial score (nSPS) is 12.7. The molecule has 8 bridgehead atoms. The number of fused-ring (bicyclic) bond motifs is 8. The van der Waals surface area contributed by atoms with Crippen molar-refractivity contribution in [3.8, 4) is 0 Å². The van der Waals surface area contributed by atoms with Crippen molar-refractivity contribution in [3.05, 3.63) is 53.6 Å². The maximum absolute atomic E-state index is 4.47. The summed E-state index contributed by atoms with van der Waals surface area (Å²) in [6, 6.07) is 9.75. The molecule has 0 saturated carbocycles. The molecule has 0 atom stereocenters. The molecule has 0 unspecified atom stereocenters. The van der Waals surface area contributed by atoms with Crippen LogP contribution in [-0.4, -0.2) is 34.9 Å². The van der Waals surface area contributed by atoms with Gasteiger partial charge in [0.1, 0.15) is 11.3 Å². The lowest BCUT2D eigenvalue weighted by Gasteiger charge is -1.85. The molecule has 0 amide bonds. The number of hydrogen-bond acceptors (Lipinski definition) is 5. The van der Waals surface area contributed by atoms with Gasteiger partial charge >= 0.3 is 0 Å². The third-order valence-corrected chi connectivity index (χ3v) is 3.62. The van der Waals surface area contributed by atoms with Crippen LogP contribution in [0.15, 0.2) is 30.3 Å². The second-order valence-corrected chi connectivity index (χ2v) is 5.40. The Morgan fingerprint density at radius 3 is 1.38 bits per heavy atom. The summed E-state index contributed by atoms with van der Waals surface area (Å²) in [5.41, 5.74) is 3.37. The summed E-state index contributed by atoms with van der Waals surface area (Å²) in [6.07, 6.45) is 7.28. The first-order valence-corrected chi connectivity index (χ1v) is 7.46. The third-order valence-electron chi connectivity index (χ3n) is 3.62. The molecule has 0 aliphatic carbocycles. The van der Waals surface area contributed by atoms with Crippen molar-refractivity contribution in [2.45, 2.75) is 0 Å². The maximum Gasteiger partial charge on any atom is 0.156 e. The lowest BCUT2D eigenvalue weighted by Crippen LogP contribution is -1.86. The highest BCUT2D eigenvalue weighted by atomic mass is 15.0. The van der Waals surface area contributed by atoms with Crippen molar-refractivity contribution < 1.29 is 0 Å². The summed E-state index contributed by atoms with van der Waals surface area (Å²) >= 11 is 0. The minimum Gasteiger partial charge on any atom is -0.340 e. The van der Waals surface area contributed by atoms with Gasteiger partial charge in [-0.15, -0.1) is 0 Å². The molecule has 0 spiro atoms. The summed E-state index contributed by atoms with van der Waals surface area (Å²) in [4.78, 5) is 28.6. The van der Waals surface area contributed by atoms with Crippen molar-refractivity contribution in [1.29, 1.82) is 0 Å². The van der Waals surface area contributed by atoms with E-state index in [0.717, 1.165) is 22.3 Å². The zero-order chi connectivity index (χ0) is 15.9. The molecule has 114 valence electrons. The predicted octanol–water partition coefficient (Wildman–Crippen LogP) is 2.84. The number of aromatic nitrogens is 7. The summed E-state index contributed by atoms with van der Waals surface area (Å²) in [5.74, 6) is 2.36. The van der Waals surface area contributed by atoms with Gasteiger partial charge in [-0.2, -0.15) is 0 Å².